The Morgan fingerprint density at radius 2 is 2.00 bits per heavy atom. The van der Waals surface area contributed by atoms with Crippen LogP contribution in [0.1, 0.15) is 0 Å². The summed E-state index contributed by atoms with van der Waals surface area (Å²) in [5, 5.41) is 0. The molecule has 1 aromatic carbocycles. The van der Waals surface area contributed by atoms with Crippen LogP contribution in [0.5, 0.6) is 0 Å². The van der Waals surface area contributed by atoms with Crippen molar-refractivity contribution in [1.29, 1.82) is 0 Å². The molecule has 7 nitrogen and oxygen atoms in total. The van der Waals surface area contributed by atoms with E-state index in [0.29, 0.717) is 19.0 Å². The summed E-state index contributed by atoms with van der Waals surface area (Å²) in [6.07, 6.45) is 0.995. The Bertz CT molecular complexity index is 778. The van der Waals surface area contributed by atoms with Gasteiger partial charge in [-0.05, 0) is 24.3 Å². The van der Waals surface area contributed by atoms with Gasteiger partial charge in [0.05, 0.1) is 0 Å². The lowest BCUT2D eigenvalue weighted by Crippen LogP contribution is -2.64. The highest BCUT2D eigenvalue weighted by Gasteiger charge is 2.54. The molecule has 3 aliphatic heterocycles. The topological polar surface area (TPSA) is 59.5 Å². The molecule has 0 N–H and O–H groups in total. The minimum absolute atomic E-state index is 0.177. The number of hydrogen-bond acceptors (Lipinski definition) is 5. The zero-order valence-corrected chi connectivity index (χ0v) is 13.8. The first-order valence-electron chi connectivity index (χ1n) is 8.09. The van der Waals surface area contributed by atoms with Gasteiger partial charge in [0.1, 0.15) is 5.82 Å². The monoisotopic (exact) mass is 343 g/mol. The molecule has 2 atom stereocenters. The lowest BCUT2D eigenvalue weighted by molar-refractivity contribution is -0.136. The van der Waals surface area contributed by atoms with Crippen LogP contribution in [0.2, 0.25) is 0 Å². The van der Waals surface area contributed by atoms with Crippen molar-refractivity contribution in [3.8, 4) is 0 Å². The van der Waals surface area contributed by atoms with Crippen LogP contribution >= 0.6 is 0 Å². The highest BCUT2D eigenvalue weighted by molar-refractivity contribution is 6.08. The Labute approximate surface area is 144 Å². The van der Waals surface area contributed by atoms with Crippen molar-refractivity contribution in [2.45, 2.75) is 12.2 Å². The van der Waals surface area contributed by atoms with Crippen LogP contribution in [-0.2, 0) is 4.79 Å². The van der Waals surface area contributed by atoms with Crippen LogP contribution < -0.4 is 4.90 Å². The van der Waals surface area contributed by atoms with Crippen molar-refractivity contribution in [2.24, 2.45) is 4.99 Å². The van der Waals surface area contributed by atoms with Crippen molar-refractivity contribution in [3.63, 3.8) is 0 Å². The van der Waals surface area contributed by atoms with Crippen molar-refractivity contribution >= 4 is 23.6 Å². The molecule has 4 rings (SSSR count). The lowest BCUT2D eigenvalue weighted by Gasteiger charge is -2.40. The molecule has 2 fully saturated rings. The van der Waals surface area contributed by atoms with Gasteiger partial charge in [-0.15, -0.1) is 6.58 Å². The third kappa shape index (κ3) is 2.20. The van der Waals surface area contributed by atoms with Gasteiger partial charge in [-0.3, -0.25) is 9.69 Å². The molecule has 3 amide bonds. The van der Waals surface area contributed by atoms with Crippen molar-refractivity contribution < 1.29 is 14.0 Å². The summed E-state index contributed by atoms with van der Waals surface area (Å²) < 4.78 is 13.2. The molecule has 2 saturated heterocycles. The number of guanidine groups is 1. The number of nitrogens with zero attached hydrogens (tertiary/aromatic N) is 5. The molecule has 130 valence electrons. The van der Waals surface area contributed by atoms with Crippen molar-refractivity contribution in [1.82, 2.24) is 14.7 Å². The first kappa shape index (κ1) is 15.6. The van der Waals surface area contributed by atoms with E-state index in [0.717, 1.165) is 5.69 Å². The molecule has 2 unspecified atom stereocenters. The fraction of sp³-hybridized carbons (Fsp3) is 0.353. The summed E-state index contributed by atoms with van der Waals surface area (Å²) in [7, 11) is 1.65. The normalized spacial score (nSPS) is 25.3. The van der Waals surface area contributed by atoms with Gasteiger partial charge in [-0.25, -0.2) is 14.2 Å². The van der Waals surface area contributed by atoms with Crippen LogP contribution in [0.4, 0.5) is 14.9 Å². The Balaban J connectivity index is 1.67. The van der Waals surface area contributed by atoms with Gasteiger partial charge in [0.15, 0.2) is 12.2 Å². The van der Waals surface area contributed by atoms with Gasteiger partial charge in [0, 0.05) is 32.4 Å². The summed E-state index contributed by atoms with van der Waals surface area (Å²) in [6.45, 7) is 5.06. The molecule has 0 saturated carbocycles. The van der Waals surface area contributed by atoms with Gasteiger partial charge in [-0.2, -0.15) is 0 Å². The van der Waals surface area contributed by atoms with Gasteiger partial charge in [0.25, 0.3) is 5.91 Å². The highest BCUT2D eigenvalue weighted by Crippen LogP contribution is 2.33. The number of anilines is 1. The third-order valence-electron chi connectivity index (χ3n) is 4.83. The molecule has 3 aliphatic rings. The summed E-state index contributed by atoms with van der Waals surface area (Å²) in [5.74, 6) is 0.0881. The van der Waals surface area contributed by atoms with Gasteiger partial charge < -0.3 is 14.7 Å². The van der Waals surface area contributed by atoms with E-state index in [9.17, 15) is 14.0 Å². The second-order valence-electron chi connectivity index (χ2n) is 6.24. The molecule has 0 radical (unpaired) electrons. The maximum absolute atomic E-state index is 13.2. The van der Waals surface area contributed by atoms with E-state index in [1.807, 2.05) is 9.80 Å². The smallest absolute Gasteiger partial charge is 0.325 e. The minimum Gasteiger partial charge on any atom is -0.325 e. The minimum atomic E-state index is -0.542. The van der Waals surface area contributed by atoms with Gasteiger partial charge >= 0.3 is 6.03 Å². The second kappa shape index (κ2) is 5.58. The van der Waals surface area contributed by atoms with Crippen molar-refractivity contribution in [3.05, 3.63) is 42.7 Å². The number of aliphatic imine (C=N–C) groups is 1. The van der Waals surface area contributed by atoms with Gasteiger partial charge in [-0.1, -0.05) is 6.08 Å². The molecule has 3 heterocycles. The maximum Gasteiger partial charge on any atom is 0.328 e. The van der Waals surface area contributed by atoms with Crippen LogP contribution in [0.25, 0.3) is 0 Å². The molecule has 0 bridgehead atoms. The number of halogens is 1. The average Bonchev–Trinajstić information content (AvgIpc) is 3.17. The summed E-state index contributed by atoms with van der Waals surface area (Å²) >= 11 is 0. The number of carbonyl (C=O) groups excluding carboxylic acids is 2. The first-order chi connectivity index (χ1) is 12.0. The molecule has 0 aliphatic carbocycles. The molecular weight excluding hydrogens is 325 g/mol. The number of fused-ring (bicyclic) bond motifs is 3. The summed E-state index contributed by atoms with van der Waals surface area (Å²) in [4.78, 5) is 36.4. The van der Waals surface area contributed by atoms with E-state index >= 15 is 0 Å². The summed E-state index contributed by atoms with van der Waals surface area (Å²) in [6, 6.07) is 5.27. The van der Waals surface area contributed by atoms with E-state index in [-0.39, 0.29) is 24.3 Å². The third-order valence-corrected chi connectivity index (χ3v) is 4.83. The van der Waals surface area contributed by atoms with Crippen LogP contribution in [0.3, 0.4) is 0 Å². The van der Waals surface area contributed by atoms with Crippen molar-refractivity contribution in [2.75, 3.05) is 31.6 Å². The van der Waals surface area contributed by atoms with E-state index in [4.69, 9.17) is 0 Å². The number of rotatable bonds is 3. The Kier molecular flexibility index (Phi) is 3.48. The SMILES string of the molecule is C=CCN1C(=O)C2C(N=C3N(c4ccc(F)cc4)CCN32)N(C)C1=O. The zero-order valence-electron chi connectivity index (χ0n) is 13.8. The van der Waals surface area contributed by atoms with Crippen LogP contribution in [0, 0.1) is 5.82 Å². The molecule has 1 aromatic rings. The Morgan fingerprint density at radius 3 is 2.68 bits per heavy atom. The highest BCUT2D eigenvalue weighted by atomic mass is 19.1. The van der Waals surface area contributed by atoms with E-state index in [1.165, 1.54) is 28.0 Å². The van der Waals surface area contributed by atoms with E-state index in [1.54, 1.807) is 19.2 Å². The molecule has 0 spiro atoms. The molecule has 0 aromatic heterocycles. The first-order valence-corrected chi connectivity index (χ1v) is 8.09. The predicted molar refractivity (Wildman–Crippen MR) is 90.5 cm³/mol. The van der Waals surface area contributed by atoms with E-state index < -0.39 is 12.2 Å². The van der Waals surface area contributed by atoms with Crippen LogP contribution in [-0.4, -0.2) is 71.5 Å². The van der Waals surface area contributed by atoms with Crippen LogP contribution in [0.15, 0.2) is 41.9 Å². The maximum atomic E-state index is 13.2. The number of urea groups is 1. The number of benzene rings is 1. The number of imide groups is 1. The largest absolute Gasteiger partial charge is 0.328 e. The molecule has 8 heteroatoms. The van der Waals surface area contributed by atoms with E-state index in [2.05, 4.69) is 11.6 Å². The fourth-order valence-corrected chi connectivity index (χ4v) is 3.60. The number of hydrogen-bond donors (Lipinski definition) is 0. The number of carbonyl (C=O) groups is 2. The number of likely N-dealkylation sites (N-methyl/N-ethyl adjacent to an activating group) is 1. The van der Waals surface area contributed by atoms with Gasteiger partial charge in [0.2, 0.25) is 5.96 Å². The lowest BCUT2D eigenvalue weighted by atomic mass is 10.1. The predicted octanol–water partition coefficient (Wildman–Crippen LogP) is 1.09. The molecule has 25 heavy (non-hydrogen) atoms. The quantitative estimate of drug-likeness (QED) is 0.771. The second-order valence-corrected chi connectivity index (χ2v) is 6.24. The Morgan fingerprint density at radius 1 is 1.28 bits per heavy atom. The number of amides is 3. The Hall–Kier alpha value is -2.90. The molecular formula is C17H18FN5O2. The standard InChI is InChI=1S/C17H18FN5O2/c1-3-8-23-15(24)13-14(20(2)17(23)25)19-16-21(9-10-22(13)16)12-6-4-11(18)5-7-12/h3-7,13-14H,1,8-10H2,2H3. The summed E-state index contributed by atoms with van der Waals surface area (Å²) in [5.41, 5.74) is 0.811. The average molecular weight is 343 g/mol. The zero-order chi connectivity index (χ0) is 17.7. The fourth-order valence-electron chi connectivity index (χ4n) is 3.60.